The van der Waals surface area contributed by atoms with Gasteiger partial charge >= 0.3 is 0 Å². The van der Waals surface area contributed by atoms with E-state index in [9.17, 15) is 0 Å². The van der Waals surface area contributed by atoms with Crippen LogP contribution in [0.25, 0.3) is 0 Å². The van der Waals surface area contributed by atoms with Crippen LogP contribution in [0.15, 0.2) is 0 Å². The van der Waals surface area contributed by atoms with Gasteiger partial charge in [0.15, 0.2) is 0 Å². The average molecular weight is 254 g/mol. The summed E-state index contributed by atoms with van der Waals surface area (Å²) < 4.78 is 0. The van der Waals surface area contributed by atoms with Gasteiger partial charge in [-0.25, -0.2) is 0 Å². The van der Waals surface area contributed by atoms with E-state index in [0.717, 1.165) is 24.9 Å². The van der Waals surface area contributed by atoms with Crippen LogP contribution in [0, 0.1) is 11.8 Å². The van der Waals surface area contributed by atoms with Gasteiger partial charge in [-0.2, -0.15) is 0 Å². The normalized spacial score (nSPS) is 30.3. The quantitative estimate of drug-likeness (QED) is 0.728. The van der Waals surface area contributed by atoms with Crippen molar-refractivity contribution in [3.63, 3.8) is 0 Å². The number of nitrogens with zero attached hydrogens (tertiary/aromatic N) is 1. The highest BCUT2D eigenvalue weighted by atomic mass is 16.3. The summed E-state index contributed by atoms with van der Waals surface area (Å²) in [5.74, 6) is 1.78. The Bertz CT molecular complexity index is 217. The summed E-state index contributed by atoms with van der Waals surface area (Å²) in [6, 6.07) is 0.655. The molecule has 0 aromatic heterocycles. The maximum Gasteiger partial charge on any atom is 0.0558 e. The largest absolute Gasteiger partial charge is 0.395 e. The van der Waals surface area contributed by atoms with Crippen LogP contribution in [0.4, 0.5) is 0 Å². The molecule has 2 fully saturated rings. The van der Waals surface area contributed by atoms with Crippen molar-refractivity contribution in [2.75, 3.05) is 32.8 Å². The van der Waals surface area contributed by atoms with Crippen LogP contribution in [0.1, 0.15) is 45.4 Å². The lowest BCUT2D eigenvalue weighted by Gasteiger charge is -2.39. The zero-order valence-corrected chi connectivity index (χ0v) is 11.9. The molecule has 2 rings (SSSR count). The van der Waals surface area contributed by atoms with E-state index in [1.807, 2.05) is 0 Å². The molecular weight excluding hydrogens is 224 g/mol. The van der Waals surface area contributed by atoms with Crippen molar-refractivity contribution in [3.8, 4) is 0 Å². The standard InChI is InChI=1S/C15H30N2O/c1-2-4-14-9-15(12-17(11-14)7-8-18)16-10-13-5-3-6-13/h13-16,18H,2-12H2,1H3. The molecule has 1 aliphatic heterocycles. The average Bonchev–Trinajstić information content (AvgIpc) is 2.27. The summed E-state index contributed by atoms with van der Waals surface area (Å²) in [5, 5.41) is 12.9. The van der Waals surface area contributed by atoms with Gasteiger partial charge in [-0.1, -0.05) is 19.8 Å². The van der Waals surface area contributed by atoms with Crippen LogP contribution in [-0.4, -0.2) is 48.8 Å². The van der Waals surface area contributed by atoms with Gasteiger partial charge in [-0.3, -0.25) is 4.90 Å². The number of piperidine rings is 1. The summed E-state index contributed by atoms with van der Waals surface area (Å²) in [7, 11) is 0. The highest BCUT2D eigenvalue weighted by Gasteiger charge is 2.27. The summed E-state index contributed by atoms with van der Waals surface area (Å²) >= 11 is 0. The molecule has 0 amide bonds. The van der Waals surface area contributed by atoms with E-state index in [2.05, 4.69) is 17.1 Å². The van der Waals surface area contributed by atoms with Crippen molar-refractivity contribution in [2.45, 2.75) is 51.5 Å². The molecule has 0 radical (unpaired) electrons. The number of rotatable bonds is 7. The van der Waals surface area contributed by atoms with Crippen molar-refractivity contribution in [1.82, 2.24) is 10.2 Å². The first-order valence-corrected chi connectivity index (χ1v) is 7.88. The van der Waals surface area contributed by atoms with Gasteiger partial charge in [0, 0.05) is 25.7 Å². The Kier molecular flexibility index (Phi) is 5.93. The second-order valence-electron chi connectivity index (χ2n) is 6.28. The summed E-state index contributed by atoms with van der Waals surface area (Å²) in [5.41, 5.74) is 0. The van der Waals surface area contributed by atoms with Crippen LogP contribution in [0.2, 0.25) is 0 Å². The molecule has 1 aliphatic carbocycles. The van der Waals surface area contributed by atoms with Crippen molar-refractivity contribution >= 4 is 0 Å². The molecule has 2 atom stereocenters. The van der Waals surface area contributed by atoms with Gasteiger partial charge in [0.05, 0.1) is 6.61 Å². The highest BCUT2D eigenvalue weighted by molar-refractivity contribution is 4.84. The Balaban J connectivity index is 1.75. The fraction of sp³-hybridized carbons (Fsp3) is 1.00. The van der Waals surface area contributed by atoms with Gasteiger partial charge in [0.25, 0.3) is 0 Å². The van der Waals surface area contributed by atoms with E-state index in [4.69, 9.17) is 5.11 Å². The first-order chi connectivity index (χ1) is 8.81. The van der Waals surface area contributed by atoms with Crippen molar-refractivity contribution < 1.29 is 5.11 Å². The maximum absolute atomic E-state index is 9.12. The Morgan fingerprint density at radius 1 is 1.22 bits per heavy atom. The van der Waals surface area contributed by atoms with Gasteiger partial charge < -0.3 is 10.4 Å². The molecule has 0 aromatic carbocycles. The number of aliphatic hydroxyl groups excluding tert-OH is 1. The lowest BCUT2D eigenvalue weighted by atomic mass is 9.84. The minimum absolute atomic E-state index is 0.300. The van der Waals surface area contributed by atoms with Gasteiger partial charge in [-0.05, 0) is 44.1 Å². The van der Waals surface area contributed by atoms with Crippen LogP contribution < -0.4 is 5.32 Å². The maximum atomic E-state index is 9.12. The molecule has 3 nitrogen and oxygen atoms in total. The van der Waals surface area contributed by atoms with Crippen LogP contribution in [0.5, 0.6) is 0 Å². The third-order valence-corrected chi connectivity index (χ3v) is 4.65. The molecule has 3 heteroatoms. The molecule has 106 valence electrons. The smallest absolute Gasteiger partial charge is 0.0558 e. The predicted molar refractivity (Wildman–Crippen MR) is 75.7 cm³/mol. The molecule has 1 heterocycles. The van der Waals surface area contributed by atoms with Crippen LogP contribution in [-0.2, 0) is 0 Å². The second-order valence-corrected chi connectivity index (χ2v) is 6.28. The Hall–Kier alpha value is -0.120. The number of β-amino-alcohol motifs (C(OH)–C–C–N with tert-alkyl or cyclic N) is 1. The first kappa shape index (κ1) is 14.3. The van der Waals surface area contributed by atoms with Gasteiger partial charge in [-0.15, -0.1) is 0 Å². The summed E-state index contributed by atoms with van der Waals surface area (Å²) in [6.45, 7) is 6.97. The van der Waals surface area contributed by atoms with Gasteiger partial charge in [0.1, 0.15) is 0 Å². The highest BCUT2D eigenvalue weighted by Crippen LogP contribution is 2.26. The van der Waals surface area contributed by atoms with E-state index >= 15 is 0 Å². The molecule has 0 bridgehead atoms. The fourth-order valence-corrected chi connectivity index (χ4v) is 3.42. The number of likely N-dealkylation sites (tertiary alicyclic amines) is 1. The molecule has 2 aliphatic rings. The molecule has 18 heavy (non-hydrogen) atoms. The topological polar surface area (TPSA) is 35.5 Å². The second kappa shape index (κ2) is 7.46. The molecule has 1 saturated carbocycles. The zero-order valence-electron chi connectivity index (χ0n) is 11.9. The lowest BCUT2D eigenvalue weighted by molar-refractivity contribution is 0.108. The SMILES string of the molecule is CCCC1CC(NCC2CCC2)CN(CCO)C1. The third kappa shape index (κ3) is 4.22. The zero-order chi connectivity index (χ0) is 12.8. The van der Waals surface area contributed by atoms with E-state index in [1.165, 1.54) is 51.6 Å². The third-order valence-electron chi connectivity index (χ3n) is 4.65. The number of aliphatic hydroxyl groups is 1. The summed E-state index contributed by atoms with van der Waals surface area (Å²) in [6.07, 6.45) is 8.25. The molecule has 1 saturated heterocycles. The predicted octanol–water partition coefficient (Wildman–Crippen LogP) is 1.86. The minimum Gasteiger partial charge on any atom is -0.395 e. The fourth-order valence-electron chi connectivity index (χ4n) is 3.42. The van der Waals surface area contributed by atoms with E-state index < -0.39 is 0 Å². The van der Waals surface area contributed by atoms with Crippen LogP contribution in [0.3, 0.4) is 0 Å². The Morgan fingerprint density at radius 3 is 2.67 bits per heavy atom. The molecule has 2 unspecified atom stereocenters. The summed E-state index contributed by atoms with van der Waals surface area (Å²) in [4.78, 5) is 2.45. The molecule has 2 N–H and O–H groups in total. The lowest BCUT2D eigenvalue weighted by Crippen LogP contribution is -2.51. The molecule has 0 aromatic rings. The van der Waals surface area contributed by atoms with E-state index in [1.54, 1.807) is 0 Å². The Labute approximate surface area is 112 Å². The monoisotopic (exact) mass is 254 g/mol. The number of hydrogen-bond donors (Lipinski definition) is 2. The van der Waals surface area contributed by atoms with Crippen molar-refractivity contribution in [3.05, 3.63) is 0 Å². The van der Waals surface area contributed by atoms with Crippen molar-refractivity contribution in [1.29, 1.82) is 0 Å². The van der Waals surface area contributed by atoms with Crippen LogP contribution >= 0.6 is 0 Å². The Morgan fingerprint density at radius 2 is 2.06 bits per heavy atom. The molecule has 0 spiro atoms. The first-order valence-electron chi connectivity index (χ1n) is 7.88. The minimum atomic E-state index is 0.300. The van der Waals surface area contributed by atoms with E-state index in [-0.39, 0.29) is 0 Å². The van der Waals surface area contributed by atoms with Crippen molar-refractivity contribution in [2.24, 2.45) is 11.8 Å². The van der Waals surface area contributed by atoms with Gasteiger partial charge in [0.2, 0.25) is 0 Å². The van der Waals surface area contributed by atoms with E-state index in [0.29, 0.717) is 12.6 Å². The molecular formula is C15H30N2O. The number of hydrogen-bond acceptors (Lipinski definition) is 3. The number of nitrogens with one attached hydrogen (secondary N) is 1.